The van der Waals surface area contributed by atoms with Crippen molar-refractivity contribution in [3.63, 3.8) is 0 Å². The van der Waals surface area contributed by atoms with Crippen molar-refractivity contribution in [1.82, 2.24) is 15.3 Å². The average Bonchev–Trinajstić information content (AvgIpc) is 2.28. The van der Waals surface area contributed by atoms with Crippen molar-refractivity contribution in [3.05, 3.63) is 16.7 Å². The predicted molar refractivity (Wildman–Crippen MR) is 63.4 cm³/mol. The number of piperidine rings is 1. The number of nitrogens with one attached hydrogen (secondary N) is 3. The molecule has 1 saturated heterocycles. The monoisotopic (exact) mass is 223 g/mol. The molecule has 1 aliphatic rings. The zero-order valence-electron chi connectivity index (χ0n) is 9.29. The molecule has 0 saturated carbocycles. The van der Waals surface area contributed by atoms with Crippen molar-refractivity contribution in [1.29, 1.82) is 0 Å². The molecule has 0 amide bonds. The minimum absolute atomic E-state index is 0.153. The topological polar surface area (TPSA) is 95.8 Å². The van der Waals surface area contributed by atoms with Crippen LogP contribution in [0, 0.1) is 0 Å². The maximum atomic E-state index is 11.3. The van der Waals surface area contributed by atoms with Crippen LogP contribution in [-0.4, -0.2) is 28.6 Å². The predicted octanol–water partition coefficient (Wildman–Crippen LogP) is -0.0955. The van der Waals surface area contributed by atoms with Crippen LogP contribution in [0.3, 0.4) is 0 Å². The van der Waals surface area contributed by atoms with Crippen LogP contribution < -0.4 is 21.9 Å². The van der Waals surface area contributed by atoms with Crippen molar-refractivity contribution in [3.8, 4) is 0 Å². The number of aromatic nitrogens is 2. The molecular formula is C10H17N5O. The summed E-state index contributed by atoms with van der Waals surface area (Å²) in [4.78, 5) is 17.8. The number of hydrogen-bond acceptors (Lipinski definition) is 5. The first-order chi connectivity index (χ1) is 7.68. The molecule has 1 fully saturated rings. The molecule has 2 unspecified atom stereocenters. The summed E-state index contributed by atoms with van der Waals surface area (Å²) in [6.45, 7) is 3.15. The minimum atomic E-state index is -0.297. The Morgan fingerprint density at radius 1 is 1.62 bits per heavy atom. The van der Waals surface area contributed by atoms with E-state index in [1.807, 2.05) is 0 Å². The van der Waals surface area contributed by atoms with Gasteiger partial charge >= 0.3 is 0 Å². The molecule has 0 radical (unpaired) electrons. The van der Waals surface area contributed by atoms with Crippen LogP contribution in [0.2, 0.25) is 0 Å². The van der Waals surface area contributed by atoms with Gasteiger partial charge in [0.05, 0.1) is 6.33 Å². The molecule has 2 rings (SSSR count). The van der Waals surface area contributed by atoms with E-state index in [1.54, 1.807) is 0 Å². The van der Waals surface area contributed by atoms with Crippen molar-refractivity contribution < 1.29 is 0 Å². The normalized spacial score (nSPS) is 25.3. The van der Waals surface area contributed by atoms with E-state index in [0.717, 1.165) is 19.4 Å². The van der Waals surface area contributed by atoms with Crippen molar-refractivity contribution in [2.45, 2.75) is 31.8 Å². The Balaban J connectivity index is 2.14. The van der Waals surface area contributed by atoms with Crippen molar-refractivity contribution >= 4 is 11.5 Å². The first-order valence-corrected chi connectivity index (χ1v) is 5.51. The zero-order valence-corrected chi connectivity index (χ0v) is 9.29. The number of nitrogens with two attached hydrogens (primary N) is 1. The summed E-state index contributed by atoms with van der Waals surface area (Å²) in [5.74, 6) is 0.476. The fourth-order valence-electron chi connectivity index (χ4n) is 1.94. The number of rotatable bonds is 2. The quantitative estimate of drug-likeness (QED) is 0.561. The molecule has 16 heavy (non-hydrogen) atoms. The highest BCUT2D eigenvalue weighted by Crippen LogP contribution is 2.16. The third-order valence-corrected chi connectivity index (χ3v) is 2.97. The molecule has 1 aromatic heterocycles. The van der Waals surface area contributed by atoms with Crippen molar-refractivity contribution in [2.24, 2.45) is 0 Å². The van der Waals surface area contributed by atoms with Gasteiger partial charge in [-0.15, -0.1) is 0 Å². The molecular weight excluding hydrogens is 206 g/mol. The smallest absolute Gasteiger partial charge is 0.276 e. The molecule has 0 spiro atoms. The van der Waals surface area contributed by atoms with E-state index in [9.17, 15) is 4.79 Å². The lowest BCUT2D eigenvalue weighted by molar-refractivity contribution is 0.389. The Morgan fingerprint density at radius 3 is 3.19 bits per heavy atom. The molecule has 6 heteroatoms. The number of hydrogen-bond donors (Lipinski definition) is 4. The van der Waals surface area contributed by atoms with Crippen LogP contribution in [0.1, 0.15) is 19.8 Å². The van der Waals surface area contributed by atoms with E-state index in [-0.39, 0.29) is 17.3 Å². The second-order valence-electron chi connectivity index (χ2n) is 4.13. The second kappa shape index (κ2) is 4.52. The molecule has 1 aromatic rings. The summed E-state index contributed by atoms with van der Waals surface area (Å²) in [5.41, 5.74) is 5.51. The summed E-state index contributed by atoms with van der Waals surface area (Å²) in [5, 5.41) is 6.59. The van der Waals surface area contributed by atoms with Gasteiger partial charge in [0.25, 0.3) is 5.56 Å². The largest absolute Gasteiger partial charge is 0.391 e. The Hall–Kier alpha value is -1.56. The summed E-state index contributed by atoms with van der Waals surface area (Å²) < 4.78 is 0. The maximum Gasteiger partial charge on any atom is 0.276 e. The lowest BCUT2D eigenvalue weighted by Gasteiger charge is -2.31. The Bertz CT molecular complexity index is 416. The highest BCUT2D eigenvalue weighted by molar-refractivity contribution is 5.59. The molecule has 0 aliphatic carbocycles. The highest BCUT2D eigenvalue weighted by atomic mass is 16.1. The molecule has 2 heterocycles. The molecule has 5 N–H and O–H groups in total. The SMILES string of the molecule is CC1NCCCC1Nc1nc[nH]c(=O)c1N. The van der Waals surface area contributed by atoms with Crippen LogP contribution in [0.15, 0.2) is 11.1 Å². The van der Waals surface area contributed by atoms with Gasteiger partial charge in [0.2, 0.25) is 0 Å². The number of anilines is 2. The molecule has 88 valence electrons. The van der Waals surface area contributed by atoms with Gasteiger partial charge in [-0.05, 0) is 26.3 Å². The first kappa shape index (κ1) is 10.9. The Morgan fingerprint density at radius 2 is 2.44 bits per heavy atom. The van der Waals surface area contributed by atoms with Gasteiger partial charge < -0.3 is 21.4 Å². The van der Waals surface area contributed by atoms with Gasteiger partial charge in [-0.2, -0.15) is 0 Å². The van der Waals surface area contributed by atoms with E-state index >= 15 is 0 Å². The zero-order chi connectivity index (χ0) is 11.5. The number of nitrogens with zero attached hydrogens (tertiary/aromatic N) is 1. The lowest BCUT2D eigenvalue weighted by Crippen LogP contribution is -2.46. The van der Waals surface area contributed by atoms with Gasteiger partial charge in [-0.3, -0.25) is 4.79 Å². The summed E-state index contributed by atoms with van der Waals surface area (Å²) in [7, 11) is 0. The van der Waals surface area contributed by atoms with Crippen LogP contribution in [0.4, 0.5) is 11.5 Å². The van der Waals surface area contributed by atoms with Gasteiger partial charge in [0.15, 0.2) is 5.82 Å². The van der Waals surface area contributed by atoms with E-state index in [2.05, 4.69) is 27.5 Å². The summed E-state index contributed by atoms with van der Waals surface area (Å²) in [6.07, 6.45) is 3.54. The maximum absolute atomic E-state index is 11.3. The Kier molecular flexibility index (Phi) is 3.09. The summed E-state index contributed by atoms with van der Waals surface area (Å²) >= 11 is 0. The molecule has 1 aliphatic heterocycles. The van der Waals surface area contributed by atoms with E-state index in [0.29, 0.717) is 11.9 Å². The van der Waals surface area contributed by atoms with Gasteiger partial charge in [0, 0.05) is 12.1 Å². The summed E-state index contributed by atoms with van der Waals surface area (Å²) in [6, 6.07) is 0.625. The van der Waals surface area contributed by atoms with Gasteiger partial charge in [0.1, 0.15) is 5.69 Å². The van der Waals surface area contributed by atoms with Crippen LogP contribution in [0.5, 0.6) is 0 Å². The van der Waals surface area contributed by atoms with Crippen LogP contribution in [0.25, 0.3) is 0 Å². The standard InChI is InChI=1S/C10H17N5O/c1-6-7(3-2-4-12-6)15-9-8(11)10(16)14-5-13-9/h5-7,12H,2-4,11H2,1H3,(H2,13,14,15,16). The molecule has 6 nitrogen and oxygen atoms in total. The third kappa shape index (κ3) is 2.16. The van der Waals surface area contributed by atoms with E-state index < -0.39 is 0 Å². The average molecular weight is 223 g/mol. The number of H-pyrrole nitrogens is 1. The Labute approximate surface area is 93.7 Å². The number of aromatic amines is 1. The number of nitrogen functional groups attached to an aromatic ring is 1. The van der Waals surface area contributed by atoms with Crippen LogP contribution >= 0.6 is 0 Å². The van der Waals surface area contributed by atoms with Crippen molar-refractivity contribution in [2.75, 3.05) is 17.6 Å². The minimum Gasteiger partial charge on any atom is -0.391 e. The third-order valence-electron chi connectivity index (χ3n) is 2.97. The highest BCUT2D eigenvalue weighted by Gasteiger charge is 2.21. The van der Waals surface area contributed by atoms with E-state index in [1.165, 1.54) is 6.33 Å². The molecule has 2 atom stereocenters. The van der Waals surface area contributed by atoms with Crippen LogP contribution in [-0.2, 0) is 0 Å². The fraction of sp³-hybridized carbons (Fsp3) is 0.600. The fourth-order valence-corrected chi connectivity index (χ4v) is 1.94. The van der Waals surface area contributed by atoms with E-state index in [4.69, 9.17) is 5.73 Å². The van der Waals surface area contributed by atoms with Gasteiger partial charge in [-0.25, -0.2) is 4.98 Å². The van der Waals surface area contributed by atoms with Gasteiger partial charge in [-0.1, -0.05) is 0 Å². The molecule has 0 bridgehead atoms. The first-order valence-electron chi connectivity index (χ1n) is 5.51. The lowest BCUT2D eigenvalue weighted by atomic mass is 10.00. The molecule has 0 aromatic carbocycles. The second-order valence-corrected chi connectivity index (χ2v) is 4.13.